The Morgan fingerprint density at radius 1 is 1.25 bits per heavy atom. The predicted octanol–water partition coefficient (Wildman–Crippen LogP) is 3.55. The number of nitrogens with zero attached hydrogens (tertiary/aromatic N) is 3. The smallest absolute Gasteiger partial charge is 0.253 e. The summed E-state index contributed by atoms with van der Waals surface area (Å²) < 4.78 is 14.7. The molecule has 2 aromatic carbocycles. The highest BCUT2D eigenvalue weighted by Gasteiger charge is 2.15. The van der Waals surface area contributed by atoms with Crippen LogP contribution in [0.1, 0.15) is 28.9 Å². The molecular weight excluding hydrogens is 331 g/mol. The Morgan fingerprint density at radius 2 is 2.00 bits per heavy atom. The fourth-order valence-corrected chi connectivity index (χ4v) is 2.54. The zero-order chi connectivity index (χ0) is 17.1. The molecule has 0 aliphatic carbocycles. The van der Waals surface area contributed by atoms with Crippen LogP contribution in [0.3, 0.4) is 0 Å². The average Bonchev–Trinajstić information content (AvgIpc) is 3.09. The van der Waals surface area contributed by atoms with E-state index in [2.05, 4.69) is 15.4 Å². The zero-order valence-corrected chi connectivity index (χ0v) is 13.5. The van der Waals surface area contributed by atoms with Gasteiger partial charge in [-0.05, 0) is 42.8 Å². The van der Waals surface area contributed by atoms with Gasteiger partial charge < -0.3 is 5.32 Å². The molecular formula is C17H14ClFN4O. The van der Waals surface area contributed by atoms with Crippen LogP contribution in [-0.4, -0.2) is 20.7 Å². The van der Waals surface area contributed by atoms with Crippen molar-refractivity contribution in [3.05, 3.63) is 77.1 Å². The molecule has 0 spiro atoms. The van der Waals surface area contributed by atoms with E-state index in [0.717, 1.165) is 17.3 Å². The molecule has 0 bridgehead atoms. The Labute approximate surface area is 143 Å². The molecule has 7 heteroatoms. The third-order valence-electron chi connectivity index (χ3n) is 3.60. The summed E-state index contributed by atoms with van der Waals surface area (Å²) in [5, 5.41) is 6.99. The fraction of sp³-hybridized carbons (Fsp3) is 0.118. The number of carbonyl (C=O) groups is 1. The summed E-state index contributed by atoms with van der Waals surface area (Å²) in [4.78, 5) is 16.2. The molecule has 0 saturated heterocycles. The lowest BCUT2D eigenvalue weighted by Gasteiger charge is -2.15. The van der Waals surface area contributed by atoms with Crippen LogP contribution in [0.15, 0.2) is 55.1 Å². The van der Waals surface area contributed by atoms with E-state index >= 15 is 0 Å². The van der Waals surface area contributed by atoms with E-state index in [1.807, 2.05) is 31.2 Å². The number of amides is 1. The van der Waals surface area contributed by atoms with Crippen LogP contribution in [0.5, 0.6) is 0 Å². The lowest BCUT2D eigenvalue weighted by atomic mass is 10.1. The summed E-state index contributed by atoms with van der Waals surface area (Å²) in [5.74, 6) is -0.832. The van der Waals surface area contributed by atoms with Crippen LogP contribution in [0.25, 0.3) is 5.69 Å². The van der Waals surface area contributed by atoms with Crippen molar-refractivity contribution in [2.75, 3.05) is 0 Å². The van der Waals surface area contributed by atoms with Crippen LogP contribution >= 0.6 is 11.6 Å². The first-order valence-corrected chi connectivity index (χ1v) is 7.63. The molecule has 122 valence electrons. The van der Waals surface area contributed by atoms with Crippen molar-refractivity contribution in [3.8, 4) is 5.69 Å². The van der Waals surface area contributed by atoms with Crippen molar-refractivity contribution in [2.45, 2.75) is 13.0 Å². The van der Waals surface area contributed by atoms with Gasteiger partial charge in [-0.1, -0.05) is 23.7 Å². The van der Waals surface area contributed by atoms with Crippen molar-refractivity contribution in [2.24, 2.45) is 0 Å². The van der Waals surface area contributed by atoms with Crippen molar-refractivity contribution in [1.29, 1.82) is 0 Å². The Morgan fingerprint density at radius 3 is 2.62 bits per heavy atom. The summed E-state index contributed by atoms with van der Waals surface area (Å²) >= 11 is 5.92. The van der Waals surface area contributed by atoms with Gasteiger partial charge in [0, 0.05) is 0 Å². The van der Waals surface area contributed by atoms with Crippen LogP contribution < -0.4 is 5.32 Å². The predicted molar refractivity (Wildman–Crippen MR) is 88.7 cm³/mol. The third kappa shape index (κ3) is 3.44. The van der Waals surface area contributed by atoms with E-state index in [0.29, 0.717) is 0 Å². The van der Waals surface area contributed by atoms with Crippen molar-refractivity contribution >= 4 is 17.5 Å². The molecule has 0 unspecified atom stereocenters. The van der Waals surface area contributed by atoms with Crippen molar-refractivity contribution < 1.29 is 9.18 Å². The van der Waals surface area contributed by atoms with Gasteiger partial charge in [0.05, 0.1) is 22.3 Å². The molecule has 0 radical (unpaired) electrons. The van der Waals surface area contributed by atoms with Gasteiger partial charge >= 0.3 is 0 Å². The second kappa shape index (κ2) is 6.80. The first-order valence-electron chi connectivity index (χ1n) is 7.25. The molecule has 0 saturated carbocycles. The largest absolute Gasteiger partial charge is 0.345 e. The highest BCUT2D eigenvalue weighted by atomic mass is 35.5. The SMILES string of the molecule is C[C@@H](NC(=O)c1ccc(F)cc1Cl)c1ccc(-n2cncn2)cc1. The molecule has 24 heavy (non-hydrogen) atoms. The van der Waals surface area contributed by atoms with Gasteiger partial charge in [0.25, 0.3) is 5.91 Å². The normalized spacial score (nSPS) is 12.0. The van der Waals surface area contributed by atoms with Crippen LogP contribution in [0.4, 0.5) is 4.39 Å². The van der Waals surface area contributed by atoms with E-state index < -0.39 is 5.82 Å². The summed E-state index contributed by atoms with van der Waals surface area (Å²) in [6, 6.07) is 11.0. The lowest BCUT2D eigenvalue weighted by Crippen LogP contribution is -2.26. The second-order valence-electron chi connectivity index (χ2n) is 5.25. The van der Waals surface area contributed by atoms with Crippen LogP contribution in [0, 0.1) is 5.82 Å². The van der Waals surface area contributed by atoms with Gasteiger partial charge in [-0.2, -0.15) is 5.10 Å². The summed E-state index contributed by atoms with van der Waals surface area (Å²) in [7, 11) is 0. The highest BCUT2D eigenvalue weighted by Crippen LogP contribution is 2.20. The van der Waals surface area contributed by atoms with Crippen molar-refractivity contribution in [3.63, 3.8) is 0 Å². The van der Waals surface area contributed by atoms with Crippen molar-refractivity contribution in [1.82, 2.24) is 20.1 Å². The van der Waals surface area contributed by atoms with E-state index in [4.69, 9.17) is 11.6 Å². The zero-order valence-electron chi connectivity index (χ0n) is 12.8. The van der Waals surface area contributed by atoms with Gasteiger partial charge in [0.2, 0.25) is 0 Å². The molecule has 1 amide bonds. The molecule has 1 heterocycles. The quantitative estimate of drug-likeness (QED) is 0.787. The maximum Gasteiger partial charge on any atom is 0.253 e. The van der Waals surface area contributed by atoms with Gasteiger partial charge in [-0.25, -0.2) is 14.1 Å². The van der Waals surface area contributed by atoms with Gasteiger partial charge in [0.15, 0.2) is 0 Å². The van der Waals surface area contributed by atoms with Gasteiger partial charge in [0.1, 0.15) is 18.5 Å². The molecule has 0 fully saturated rings. The van der Waals surface area contributed by atoms with E-state index in [9.17, 15) is 9.18 Å². The Hall–Kier alpha value is -2.73. The van der Waals surface area contributed by atoms with Crippen LogP contribution in [-0.2, 0) is 0 Å². The molecule has 3 aromatic rings. The Kier molecular flexibility index (Phi) is 4.57. The molecule has 5 nitrogen and oxygen atoms in total. The minimum absolute atomic E-state index is 0.0845. The first-order chi connectivity index (χ1) is 11.5. The second-order valence-corrected chi connectivity index (χ2v) is 5.66. The molecule has 0 aliphatic rings. The molecule has 1 atom stereocenters. The minimum atomic E-state index is -0.478. The summed E-state index contributed by atoms with van der Waals surface area (Å²) in [6.07, 6.45) is 3.07. The number of aromatic nitrogens is 3. The Bertz CT molecular complexity index is 850. The molecule has 3 rings (SSSR count). The minimum Gasteiger partial charge on any atom is -0.345 e. The highest BCUT2D eigenvalue weighted by molar-refractivity contribution is 6.33. The van der Waals surface area contributed by atoms with E-state index in [1.54, 1.807) is 11.0 Å². The fourth-order valence-electron chi connectivity index (χ4n) is 2.29. The number of benzene rings is 2. The molecule has 1 N–H and O–H groups in total. The van der Waals surface area contributed by atoms with E-state index in [-0.39, 0.29) is 22.5 Å². The van der Waals surface area contributed by atoms with Gasteiger partial charge in [-0.3, -0.25) is 4.79 Å². The number of rotatable bonds is 4. The summed E-state index contributed by atoms with van der Waals surface area (Å²) in [6.45, 7) is 1.86. The molecule has 1 aromatic heterocycles. The topological polar surface area (TPSA) is 59.8 Å². The number of hydrogen-bond acceptors (Lipinski definition) is 3. The first kappa shape index (κ1) is 16.1. The maximum atomic E-state index is 13.1. The number of hydrogen-bond donors (Lipinski definition) is 1. The Balaban J connectivity index is 1.72. The maximum absolute atomic E-state index is 13.1. The molecule has 0 aliphatic heterocycles. The number of carbonyl (C=O) groups excluding carboxylic acids is 1. The summed E-state index contributed by atoms with van der Waals surface area (Å²) in [5.41, 5.74) is 2.03. The lowest BCUT2D eigenvalue weighted by molar-refractivity contribution is 0.0940. The van der Waals surface area contributed by atoms with Gasteiger partial charge in [-0.15, -0.1) is 0 Å². The third-order valence-corrected chi connectivity index (χ3v) is 3.91. The number of nitrogens with one attached hydrogen (secondary N) is 1. The number of halogens is 2. The monoisotopic (exact) mass is 344 g/mol. The van der Waals surface area contributed by atoms with Crippen LogP contribution in [0.2, 0.25) is 5.02 Å². The van der Waals surface area contributed by atoms with E-state index in [1.165, 1.54) is 18.5 Å². The standard InChI is InChI=1S/C17H14ClFN4O/c1-11(22-17(24)15-7-4-13(19)8-16(15)18)12-2-5-14(6-3-12)23-10-20-9-21-23/h2-11H,1H3,(H,22,24)/t11-/m1/s1. The average molecular weight is 345 g/mol.